The number of carbonyl (C=O) groups excluding carboxylic acids is 2. The van der Waals surface area contributed by atoms with Crippen LogP contribution < -0.4 is 16.4 Å². The van der Waals surface area contributed by atoms with Gasteiger partial charge in [-0.15, -0.1) is 0 Å². The van der Waals surface area contributed by atoms with Crippen molar-refractivity contribution in [1.82, 2.24) is 20.2 Å². The minimum absolute atomic E-state index is 0.0707. The molecule has 0 aromatic carbocycles. The molecule has 0 aliphatic carbocycles. The number of rotatable bonds is 10. The number of hydrogen-bond acceptors (Lipinski definition) is 7. The van der Waals surface area contributed by atoms with Gasteiger partial charge >= 0.3 is 0 Å². The Bertz CT molecular complexity index is 788. The fourth-order valence-electron chi connectivity index (χ4n) is 3.92. The molecule has 0 bridgehead atoms. The number of likely N-dealkylation sites (tertiary alicyclic amines) is 1. The van der Waals surface area contributed by atoms with Crippen LogP contribution in [0.4, 0.5) is 5.95 Å². The zero-order valence-corrected chi connectivity index (χ0v) is 18.3. The molecule has 9 nitrogen and oxygen atoms in total. The van der Waals surface area contributed by atoms with Gasteiger partial charge < -0.3 is 16.4 Å². The van der Waals surface area contributed by atoms with Crippen LogP contribution in [0.2, 0.25) is 0 Å². The van der Waals surface area contributed by atoms with Crippen LogP contribution in [-0.2, 0) is 4.79 Å². The van der Waals surface area contributed by atoms with E-state index >= 15 is 0 Å². The number of aromatic nitrogens is 2. The maximum absolute atomic E-state index is 13.1. The fourth-order valence-corrected chi connectivity index (χ4v) is 3.92. The number of primary amides is 1. The van der Waals surface area contributed by atoms with Crippen molar-refractivity contribution in [3.8, 4) is 6.07 Å². The van der Waals surface area contributed by atoms with Gasteiger partial charge in [-0.1, -0.05) is 27.7 Å². The SMILES string of the molecule is CCC(CC)N1CCC(C#N)(NC(=O)C(CC(C)C)Nc2nccc(C(N)=O)n2)C1. The van der Waals surface area contributed by atoms with E-state index < -0.39 is 17.5 Å². The van der Waals surface area contributed by atoms with Gasteiger partial charge in [0, 0.05) is 25.3 Å². The lowest BCUT2D eigenvalue weighted by Crippen LogP contribution is -2.54. The van der Waals surface area contributed by atoms with Crippen molar-refractivity contribution in [2.75, 3.05) is 18.4 Å². The molecule has 1 aliphatic rings. The number of nitrogens with two attached hydrogens (primary N) is 1. The Morgan fingerprint density at radius 2 is 2.07 bits per heavy atom. The molecule has 1 fully saturated rings. The number of hydrogen-bond donors (Lipinski definition) is 3. The van der Waals surface area contributed by atoms with Crippen molar-refractivity contribution in [2.45, 2.75) is 71.0 Å². The molecule has 1 aromatic rings. The van der Waals surface area contributed by atoms with Crippen LogP contribution in [0.3, 0.4) is 0 Å². The third kappa shape index (κ3) is 5.89. The standard InChI is InChI=1S/C21H33N7O2/c1-5-15(6-2)28-10-8-21(12-22,13-28)27-19(30)17(11-14(3)4)26-20-24-9-7-16(25-20)18(23)29/h7,9,14-15,17H,5-6,8,10-11,13H2,1-4H3,(H2,23,29)(H,27,30)(H,24,25,26). The van der Waals surface area contributed by atoms with Gasteiger partial charge in [-0.25, -0.2) is 9.97 Å². The van der Waals surface area contributed by atoms with Crippen LogP contribution >= 0.6 is 0 Å². The molecule has 2 rings (SSSR count). The van der Waals surface area contributed by atoms with E-state index in [0.29, 0.717) is 25.4 Å². The average molecular weight is 416 g/mol. The van der Waals surface area contributed by atoms with Crippen LogP contribution in [0, 0.1) is 17.2 Å². The molecule has 164 valence electrons. The molecule has 1 aliphatic heterocycles. The van der Waals surface area contributed by atoms with E-state index in [0.717, 1.165) is 19.4 Å². The lowest BCUT2D eigenvalue weighted by atomic mass is 9.97. The Hall–Kier alpha value is -2.73. The van der Waals surface area contributed by atoms with Gasteiger partial charge in [-0.05, 0) is 37.7 Å². The molecule has 0 radical (unpaired) electrons. The van der Waals surface area contributed by atoms with Gasteiger partial charge in [0.2, 0.25) is 11.9 Å². The van der Waals surface area contributed by atoms with E-state index in [1.165, 1.54) is 12.3 Å². The molecule has 0 spiro atoms. The van der Waals surface area contributed by atoms with Crippen molar-refractivity contribution in [3.63, 3.8) is 0 Å². The zero-order chi connectivity index (χ0) is 22.3. The molecular formula is C21H33N7O2. The summed E-state index contributed by atoms with van der Waals surface area (Å²) in [5.74, 6) is -0.565. The predicted molar refractivity (Wildman–Crippen MR) is 114 cm³/mol. The Kier molecular flexibility index (Phi) is 8.12. The topological polar surface area (TPSA) is 137 Å². The van der Waals surface area contributed by atoms with E-state index in [1.807, 2.05) is 13.8 Å². The highest BCUT2D eigenvalue weighted by atomic mass is 16.2. The highest BCUT2D eigenvalue weighted by molar-refractivity contribution is 5.91. The van der Waals surface area contributed by atoms with E-state index in [1.54, 1.807) is 0 Å². The van der Waals surface area contributed by atoms with E-state index in [9.17, 15) is 14.9 Å². The normalized spacial score (nSPS) is 20.2. The second kappa shape index (κ2) is 10.3. The first-order valence-corrected chi connectivity index (χ1v) is 10.6. The minimum atomic E-state index is -0.910. The monoisotopic (exact) mass is 415 g/mol. The van der Waals surface area contributed by atoms with Crippen LogP contribution in [0.15, 0.2) is 12.3 Å². The van der Waals surface area contributed by atoms with Crippen LogP contribution in [0.1, 0.15) is 63.9 Å². The fraction of sp³-hybridized carbons (Fsp3) is 0.667. The Balaban J connectivity index is 2.15. The van der Waals surface area contributed by atoms with Crippen molar-refractivity contribution < 1.29 is 9.59 Å². The number of amides is 2. The Morgan fingerprint density at radius 1 is 1.37 bits per heavy atom. The molecule has 4 N–H and O–H groups in total. The van der Waals surface area contributed by atoms with Crippen molar-refractivity contribution >= 4 is 17.8 Å². The van der Waals surface area contributed by atoms with Gasteiger partial charge in [-0.2, -0.15) is 5.26 Å². The molecule has 1 saturated heterocycles. The molecule has 2 atom stereocenters. The summed E-state index contributed by atoms with van der Waals surface area (Å²) in [6, 6.07) is 3.53. The molecule has 1 aromatic heterocycles. The Labute approximate surface area is 178 Å². The van der Waals surface area contributed by atoms with Gasteiger partial charge in [0.05, 0.1) is 6.07 Å². The highest BCUT2D eigenvalue weighted by Gasteiger charge is 2.42. The highest BCUT2D eigenvalue weighted by Crippen LogP contribution is 2.25. The molecular weight excluding hydrogens is 382 g/mol. The predicted octanol–water partition coefficient (Wildman–Crippen LogP) is 1.67. The van der Waals surface area contributed by atoms with Gasteiger partial charge in [0.1, 0.15) is 17.3 Å². The van der Waals surface area contributed by atoms with Crippen LogP contribution in [-0.4, -0.2) is 57.4 Å². The van der Waals surface area contributed by atoms with Crippen LogP contribution in [0.25, 0.3) is 0 Å². The molecule has 9 heteroatoms. The second-order valence-corrected chi connectivity index (χ2v) is 8.33. The molecule has 0 saturated carbocycles. The number of nitrogens with zero attached hydrogens (tertiary/aromatic N) is 4. The van der Waals surface area contributed by atoms with Crippen LogP contribution in [0.5, 0.6) is 0 Å². The van der Waals surface area contributed by atoms with Crippen molar-refractivity contribution in [2.24, 2.45) is 11.7 Å². The third-order valence-electron chi connectivity index (χ3n) is 5.57. The summed E-state index contributed by atoms with van der Waals surface area (Å²) < 4.78 is 0. The van der Waals surface area contributed by atoms with E-state index in [-0.39, 0.29) is 23.5 Å². The molecule has 2 amide bonds. The largest absolute Gasteiger partial charge is 0.364 e. The third-order valence-corrected chi connectivity index (χ3v) is 5.57. The van der Waals surface area contributed by atoms with Gasteiger partial charge in [0.15, 0.2) is 0 Å². The first-order chi connectivity index (χ1) is 14.2. The smallest absolute Gasteiger partial charge is 0.267 e. The maximum Gasteiger partial charge on any atom is 0.267 e. The summed E-state index contributed by atoms with van der Waals surface area (Å²) in [4.78, 5) is 35.0. The first-order valence-electron chi connectivity index (χ1n) is 10.6. The quantitative estimate of drug-likeness (QED) is 0.528. The zero-order valence-electron chi connectivity index (χ0n) is 18.3. The second-order valence-electron chi connectivity index (χ2n) is 8.33. The number of anilines is 1. The number of carbonyl (C=O) groups is 2. The summed E-state index contributed by atoms with van der Waals surface area (Å²) >= 11 is 0. The average Bonchev–Trinajstić information content (AvgIpc) is 3.12. The summed E-state index contributed by atoms with van der Waals surface area (Å²) in [5, 5.41) is 15.9. The summed E-state index contributed by atoms with van der Waals surface area (Å²) in [5.41, 5.74) is 4.44. The molecule has 30 heavy (non-hydrogen) atoms. The van der Waals surface area contributed by atoms with E-state index in [4.69, 9.17) is 5.73 Å². The van der Waals surface area contributed by atoms with Crippen molar-refractivity contribution in [3.05, 3.63) is 18.0 Å². The lowest BCUT2D eigenvalue weighted by molar-refractivity contribution is -0.123. The number of nitrogens with one attached hydrogen (secondary N) is 2. The summed E-state index contributed by atoms with van der Waals surface area (Å²) in [6.45, 7) is 9.60. The Morgan fingerprint density at radius 3 is 2.63 bits per heavy atom. The summed E-state index contributed by atoms with van der Waals surface area (Å²) in [7, 11) is 0. The minimum Gasteiger partial charge on any atom is -0.364 e. The summed E-state index contributed by atoms with van der Waals surface area (Å²) in [6.07, 6.45) is 4.55. The van der Waals surface area contributed by atoms with Crippen molar-refractivity contribution in [1.29, 1.82) is 5.26 Å². The number of nitriles is 1. The first kappa shape index (κ1) is 23.5. The van der Waals surface area contributed by atoms with Gasteiger partial charge in [0.25, 0.3) is 5.91 Å². The maximum atomic E-state index is 13.1. The van der Waals surface area contributed by atoms with E-state index in [2.05, 4.69) is 45.4 Å². The molecule has 2 heterocycles. The lowest BCUT2D eigenvalue weighted by Gasteiger charge is -2.30. The van der Waals surface area contributed by atoms with Gasteiger partial charge in [-0.3, -0.25) is 14.5 Å². The molecule has 2 unspecified atom stereocenters.